The second kappa shape index (κ2) is 3.90. The molecule has 1 aliphatic heterocycles. The summed E-state index contributed by atoms with van der Waals surface area (Å²) in [6, 6.07) is 0. The van der Waals surface area contributed by atoms with Crippen molar-refractivity contribution >= 4 is 0 Å². The third kappa shape index (κ3) is 2.03. The molecule has 2 atom stereocenters. The molecule has 1 aromatic heterocycles. The number of hydrogen-bond donors (Lipinski definition) is 1. The van der Waals surface area contributed by atoms with E-state index in [4.69, 9.17) is 15.0 Å². The minimum Gasteiger partial charge on any atom is -0.378 e. The van der Waals surface area contributed by atoms with Gasteiger partial charge < -0.3 is 15.0 Å². The van der Waals surface area contributed by atoms with Crippen LogP contribution in [0.25, 0.3) is 0 Å². The van der Waals surface area contributed by atoms with Gasteiger partial charge >= 0.3 is 0 Å². The zero-order valence-electron chi connectivity index (χ0n) is 9.14. The largest absolute Gasteiger partial charge is 0.378 e. The topological polar surface area (TPSA) is 74.2 Å². The van der Waals surface area contributed by atoms with Gasteiger partial charge in [0.25, 0.3) is 0 Å². The van der Waals surface area contributed by atoms with Gasteiger partial charge in [-0.2, -0.15) is 4.98 Å². The minimum absolute atomic E-state index is 0.183. The lowest BCUT2D eigenvalue weighted by atomic mass is 9.83. The summed E-state index contributed by atoms with van der Waals surface area (Å²) in [5.41, 5.74) is 5.80. The van der Waals surface area contributed by atoms with Crippen LogP contribution in [-0.4, -0.2) is 22.9 Å². The van der Waals surface area contributed by atoms with Crippen molar-refractivity contribution in [1.82, 2.24) is 10.1 Å². The first-order chi connectivity index (χ1) is 7.12. The summed E-state index contributed by atoms with van der Waals surface area (Å²) < 4.78 is 10.4. The average Bonchev–Trinajstić information content (AvgIpc) is 2.71. The normalized spacial score (nSPS) is 32.1. The lowest BCUT2D eigenvalue weighted by Gasteiger charge is -2.37. The highest BCUT2D eigenvalue weighted by Crippen LogP contribution is 2.32. The quantitative estimate of drug-likeness (QED) is 0.791. The molecule has 2 N–H and O–H groups in total. The van der Waals surface area contributed by atoms with Gasteiger partial charge in [0.15, 0.2) is 5.82 Å². The molecule has 0 saturated carbocycles. The summed E-state index contributed by atoms with van der Waals surface area (Å²) in [5.74, 6) is 1.05. The molecule has 0 bridgehead atoms. The molecule has 5 nitrogen and oxygen atoms in total. The Hall–Kier alpha value is -0.940. The second-order valence-corrected chi connectivity index (χ2v) is 4.52. The van der Waals surface area contributed by atoms with Gasteiger partial charge in [0.05, 0.1) is 11.6 Å². The van der Waals surface area contributed by atoms with Crippen molar-refractivity contribution in [3.8, 4) is 0 Å². The molecule has 15 heavy (non-hydrogen) atoms. The van der Waals surface area contributed by atoms with Gasteiger partial charge in [0.1, 0.15) is 0 Å². The number of rotatable bonds is 2. The Morgan fingerprint density at radius 1 is 1.60 bits per heavy atom. The Balaban J connectivity index is 2.15. The van der Waals surface area contributed by atoms with Crippen molar-refractivity contribution in [2.45, 2.75) is 38.3 Å². The summed E-state index contributed by atoms with van der Waals surface area (Å²) in [6.07, 6.45) is 3.01. The second-order valence-electron chi connectivity index (χ2n) is 4.52. The van der Waals surface area contributed by atoms with Crippen LogP contribution in [0.2, 0.25) is 0 Å². The van der Waals surface area contributed by atoms with Gasteiger partial charge in [-0.05, 0) is 18.8 Å². The number of aromatic nitrogens is 2. The fourth-order valence-corrected chi connectivity index (χ4v) is 1.93. The van der Waals surface area contributed by atoms with Gasteiger partial charge in [0.2, 0.25) is 6.39 Å². The zero-order valence-corrected chi connectivity index (χ0v) is 9.14. The van der Waals surface area contributed by atoms with E-state index in [1.165, 1.54) is 6.39 Å². The molecular weight excluding hydrogens is 194 g/mol. The molecule has 5 heteroatoms. The predicted octanol–water partition coefficient (Wildman–Crippen LogP) is 1.06. The van der Waals surface area contributed by atoms with E-state index >= 15 is 0 Å². The fraction of sp³-hybridized carbons (Fsp3) is 0.800. The molecule has 2 unspecified atom stereocenters. The third-order valence-electron chi connectivity index (χ3n) is 3.00. The molecule has 1 saturated heterocycles. The Labute approximate surface area is 89.0 Å². The van der Waals surface area contributed by atoms with E-state index in [-0.39, 0.29) is 6.10 Å². The van der Waals surface area contributed by atoms with E-state index in [1.54, 1.807) is 0 Å². The van der Waals surface area contributed by atoms with Crippen LogP contribution >= 0.6 is 0 Å². The number of nitrogens with two attached hydrogens (primary N) is 1. The highest BCUT2D eigenvalue weighted by molar-refractivity contribution is 5.04. The molecule has 0 aliphatic carbocycles. The van der Waals surface area contributed by atoms with Crippen molar-refractivity contribution in [2.75, 3.05) is 6.61 Å². The van der Waals surface area contributed by atoms with Crippen LogP contribution in [0.5, 0.6) is 0 Å². The van der Waals surface area contributed by atoms with Gasteiger partial charge in [-0.3, -0.25) is 0 Å². The van der Waals surface area contributed by atoms with Crippen LogP contribution in [0.3, 0.4) is 0 Å². The first-order valence-electron chi connectivity index (χ1n) is 5.29. The monoisotopic (exact) mass is 211 g/mol. The summed E-state index contributed by atoms with van der Waals surface area (Å²) in [6.45, 7) is 4.92. The van der Waals surface area contributed by atoms with Crippen molar-refractivity contribution in [1.29, 1.82) is 0 Å². The zero-order chi connectivity index (χ0) is 10.9. The molecule has 84 valence electrons. The van der Waals surface area contributed by atoms with E-state index in [2.05, 4.69) is 24.0 Å². The summed E-state index contributed by atoms with van der Waals surface area (Å²) in [7, 11) is 0. The number of nitrogens with zero attached hydrogens (tertiary/aromatic N) is 2. The Morgan fingerprint density at radius 2 is 2.40 bits per heavy atom. The maximum absolute atomic E-state index is 6.29. The Morgan fingerprint density at radius 3 is 3.00 bits per heavy atom. The molecule has 0 amide bonds. The Kier molecular flexibility index (Phi) is 2.75. The van der Waals surface area contributed by atoms with Crippen molar-refractivity contribution in [3.63, 3.8) is 0 Å². The molecule has 2 heterocycles. The molecule has 1 aromatic rings. The number of ether oxygens (including phenoxy) is 1. The minimum atomic E-state index is -0.486. The van der Waals surface area contributed by atoms with E-state index in [0.29, 0.717) is 18.3 Å². The fourth-order valence-electron chi connectivity index (χ4n) is 1.93. The van der Waals surface area contributed by atoms with Crippen LogP contribution in [0, 0.1) is 5.92 Å². The molecule has 1 aliphatic rings. The summed E-state index contributed by atoms with van der Waals surface area (Å²) >= 11 is 0. The molecule has 1 fully saturated rings. The predicted molar refractivity (Wildman–Crippen MR) is 54.0 cm³/mol. The van der Waals surface area contributed by atoms with Crippen LogP contribution in [0.4, 0.5) is 0 Å². The molecule has 2 rings (SSSR count). The van der Waals surface area contributed by atoms with Crippen molar-refractivity contribution in [3.05, 3.63) is 12.2 Å². The van der Waals surface area contributed by atoms with Gasteiger partial charge in [-0.25, -0.2) is 0 Å². The van der Waals surface area contributed by atoms with Crippen molar-refractivity contribution < 1.29 is 9.26 Å². The summed E-state index contributed by atoms with van der Waals surface area (Å²) in [4.78, 5) is 4.05. The van der Waals surface area contributed by atoms with Crippen molar-refractivity contribution in [2.24, 2.45) is 11.7 Å². The number of hydrogen-bond acceptors (Lipinski definition) is 5. The smallest absolute Gasteiger partial charge is 0.213 e. The van der Waals surface area contributed by atoms with Gasteiger partial charge in [-0.15, -0.1) is 0 Å². The molecule has 0 aromatic carbocycles. The van der Waals surface area contributed by atoms with Crippen LogP contribution < -0.4 is 5.73 Å². The maximum Gasteiger partial charge on any atom is 0.213 e. The van der Waals surface area contributed by atoms with Crippen LogP contribution in [0.15, 0.2) is 10.9 Å². The SMILES string of the molecule is CC(C)C1CC(N)(c2ncon2)CCO1. The summed E-state index contributed by atoms with van der Waals surface area (Å²) in [5, 5.41) is 3.84. The molecule has 0 spiro atoms. The highest BCUT2D eigenvalue weighted by Gasteiger charge is 2.39. The van der Waals surface area contributed by atoms with Gasteiger partial charge in [-0.1, -0.05) is 19.0 Å². The van der Waals surface area contributed by atoms with Gasteiger partial charge in [0, 0.05) is 6.61 Å². The standard InChI is InChI=1S/C10H17N3O2/c1-7(2)8-5-10(11,3-4-14-8)9-12-6-15-13-9/h6-8H,3-5,11H2,1-2H3. The van der Waals surface area contributed by atoms with E-state index in [9.17, 15) is 0 Å². The lowest BCUT2D eigenvalue weighted by Crippen LogP contribution is -2.47. The van der Waals surface area contributed by atoms with Crippen LogP contribution in [0.1, 0.15) is 32.5 Å². The first kappa shape index (κ1) is 10.6. The molecular formula is C10H17N3O2. The Bertz CT molecular complexity index is 312. The van der Waals surface area contributed by atoms with E-state index in [0.717, 1.165) is 12.8 Å². The maximum atomic E-state index is 6.29. The van der Waals surface area contributed by atoms with E-state index < -0.39 is 5.54 Å². The molecule has 0 radical (unpaired) electrons. The average molecular weight is 211 g/mol. The van der Waals surface area contributed by atoms with E-state index in [1.807, 2.05) is 0 Å². The third-order valence-corrected chi connectivity index (χ3v) is 3.00. The lowest BCUT2D eigenvalue weighted by molar-refractivity contribution is -0.0460. The highest BCUT2D eigenvalue weighted by atomic mass is 16.5. The van der Waals surface area contributed by atoms with Crippen LogP contribution in [-0.2, 0) is 10.3 Å². The first-order valence-corrected chi connectivity index (χ1v) is 5.29.